The molecule has 1 N–H and O–H groups in total. The van der Waals surface area contributed by atoms with E-state index in [1.54, 1.807) is 0 Å². The number of aryl methyl sites for hydroxylation is 1. The first-order valence-corrected chi connectivity index (χ1v) is 7.22. The molecule has 0 aliphatic carbocycles. The first-order valence-electron chi connectivity index (χ1n) is 6.43. The summed E-state index contributed by atoms with van der Waals surface area (Å²) in [6, 6.07) is 12.3. The molecule has 2 aromatic heterocycles. The third-order valence-electron chi connectivity index (χ3n) is 3.24. The molecule has 3 aromatic rings. The lowest BCUT2D eigenvalue weighted by Gasteiger charge is -2.09. The van der Waals surface area contributed by atoms with Gasteiger partial charge in [0.1, 0.15) is 4.60 Å². The van der Waals surface area contributed by atoms with Gasteiger partial charge in [0, 0.05) is 18.1 Å². The minimum atomic E-state index is 0.756. The Hall–Kier alpha value is -1.94. The fourth-order valence-electron chi connectivity index (χ4n) is 2.16. The van der Waals surface area contributed by atoms with Crippen molar-refractivity contribution in [2.45, 2.75) is 13.5 Å². The van der Waals surface area contributed by atoms with Crippen molar-refractivity contribution < 1.29 is 0 Å². The van der Waals surface area contributed by atoms with Gasteiger partial charge in [-0.25, -0.2) is 4.98 Å². The summed E-state index contributed by atoms with van der Waals surface area (Å²) in [5, 5.41) is 4.59. The van der Waals surface area contributed by atoms with E-state index in [0.29, 0.717) is 0 Å². The summed E-state index contributed by atoms with van der Waals surface area (Å²) in [7, 11) is 0. The van der Waals surface area contributed by atoms with E-state index in [0.717, 1.165) is 27.9 Å². The average Bonchev–Trinajstić information content (AvgIpc) is 2.48. The predicted octanol–water partition coefficient (Wildman–Crippen LogP) is 4.31. The molecule has 20 heavy (non-hydrogen) atoms. The number of hydrogen-bond acceptors (Lipinski definition) is 3. The lowest BCUT2D eigenvalue weighted by Crippen LogP contribution is -2.01. The van der Waals surface area contributed by atoms with E-state index in [2.05, 4.69) is 49.4 Å². The Kier molecular flexibility index (Phi) is 3.65. The van der Waals surface area contributed by atoms with E-state index in [1.807, 2.05) is 37.5 Å². The molecule has 0 atom stereocenters. The molecule has 0 spiro atoms. The second kappa shape index (κ2) is 5.59. The highest BCUT2D eigenvalue weighted by Crippen LogP contribution is 2.20. The predicted molar refractivity (Wildman–Crippen MR) is 85.7 cm³/mol. The second-order valence-electron chi connectivity index (χ2n) is 4.67. The van der Waals surface area contributed by atoms with Crippen LogP contribution in [0.5, 0.6) is 0 Å². The highest BCUT2D eigenvalue weighted by atomic mass is 79.9. The topological polar surface area (TPSA) is 37.8 Å². The normalized spacial score (nSPS) is 10.7. The van der Waals surface area contributed by atoms with Crippen molar-refractivity contribution in [2.24, 2.45) is 0 Å². The van der Waals surface area contributed by atoms with Gasteiger partial charge in [-0.2, -0.15) is 0 Å². The molecule has 100 valence electrons. The van der Waals surface area contributed by atoms with Gasteiger partial charge in [-0.05, 0) is 52.2 Å². The van der Waals surface area contributed by atoms with Crippen molar-refractivity contribution in [1.82, 2.24) is 9.97 Å². The van der Waals surface area contributed by atoms with Crippen LogP contribution in [0.2, 0.25) is 0 Å². The van der Waals surface area contributed by atoms with Crippen LogP contribution in [0.3, 0.4) is 0 Å². The van der Waals surface area contributed by atoms with Gasteiger partial charge in [0.15, 0.2) is 0 Å². The Labute approximate surface area is 126 Å². The zero-order chi connectivity index (χ0) is 13.9. The number of para-hydroxylation sites is 1. The molecule has 2 heterocycles. The Morgan fingerprint density at radius 3 is 2.85 bits per heavy atom. The van der Waals surface area contributed by atoms with Gasteiger partial charge in [0.2, 0.25) is 0 Å². The van der Waals surface area contributed by atoms with Gasteiger partial charge < -0.3 is 5.32 Å². The summed E-state index contributed by atoms with van der Waals surface area (Å²) in [5.74, 6) is 0. The highest BCUT2D eigenvalue weighted by Gasteiger charge is 2.02. The van der Waals surface area contributed by atoms with Gasteiger partial charge in [0.25, 0.3) is 0 Å². The van der Waals surface area contributed by atoms with Gasteiger partial charge in [-0.15, -0.1) is 0 Å². The summed E-state index contributed by atoms with van der Waals surface area (Å²) in [6.07, 6.45) is 3.69. The van der Waals surface area contributed by atoms with E-state index >= 15 is 0 Å². The molecule has 3 rings (SSSR count). The SMILES string of the molecule is Cc1cc(NCc2ccnc3ccccc23)cnc1Br. The molecule has 0 unspecified atom stereocenters. The fourth-order valence-corrected chi connectivity index (χ4v) is 2.38. The highest BCUT2D eigenvalue weighted by molar-refractivity contribution is 9.10. The molecule has 0 radical (unpaired) electrons. The van der Waals surface area contributed by atoms with Gasteiger partial charge in [-0.1, -0.05) is 18.2 Å². The monoisotopic (exact) mass is 327 g/mol. The van der Waals surface area contributed by atoms with E-state index in [-0.39, 0.29) is 0 Å². The van der Waals surface area contributed by atoms with E-state index in [9.17, 15) is 0 Å². The van der Waals surface area contributed by atoms with Gasteiger partial charge >= 0.3 is 0 Å². The Morgan fingerprint density at radius 2 is 2.00 bits per heavy atom. The number of nitrogens with one attached hydrogen (secondary N) is 1. The van der Waals surface area contributed by atoms with E-state index < -0.39 is 0 Å². The largest absolute Gasteiger partial charge is 0.380 e. The molecule has 0 aliphatic heterocycles. The third kappa shape index (κ3) is 2.65. The van der Waals surface area contributed by atoms with Crippen molar-refractivity contribution in [3.8, 4) is 0 Å². The molecule has 4 heteroatoms. The molecular weight excluding hydrogens is 314 g/mol. The minimum Gasteiger partial charge on any atom is -0.380 e. The smallest absolute Gasteiger partial charge is 0.109 e. The molecule has 0 saturated carbocycles. The number of fused-ring (bicyclic) bond motifs is 1. The van der Waals surface area contributed by atoms with Crippen LogP contribution in [0.25, 0.3) is 10.9 Å². The van der Waals surface area contributed by atoms with Crippen LogP contribution in [0.4, 0.5) is 5.69 Å². The number of aromatic nitrogens is 2. The summed E-state index contributed by atoms with van der Waals surface area (Å²) >= 11 is 3.41. The number of benzene rings is 1. The second-order valence-corrected chi connectivity index (χ2v) is 5.42. The zero-order valence-electron chi connectivity index (χ0n) is 11.1. The van der Waals surface area contributed by atoms with Crippen molar-refractivity contribution in [1.29, 1.82) is 0 Å². The van der Waals surface area contributed by atoms with Crippen LogP contribution in [0, 0.1) is 6.92 Å². The lowest BCUT2D eigenvalue weighted by atomic mass is 10.1. The molecule has 1 aromatic carbocycles. The summed E-state index contributed by atoms with van der Waals surface area (Å²) in [6.45, 7) is 2.79. The maximum Gasteiger partial charge on any atom is 0.109 e. The average molecular weight is 328 g/mol. The van der Waals surface area contributed by atoms with Crippen LogP contribution in [0.1, 0.15) is 11.1 Å². The van der Waals surface area contributed by atoms with Crippen LogP contribution in [0.15, 0.2) is 53.4 Å². The van der Waals surface area contributed by atoms with Crippen molar-refractivity contribution in [3.05, 3.63) is 64.5 Å². The number of halogens is 1. The quantitative estimate of drug-likeness (QED) is 0.728. The number of rotatable bonds is 3. The minimum absolute atomic E-state index is 0.756. The number of pyridine rings is 2. The first kappa shape index (κ1) is 13.1. The maximum absolute atomic E-state index is 4.38. The third-order valence-corrected chi connectivity index (χ3v) is 4.07. The molecule has 0 aliphatic rings. The molecule has 0 amide bonds. The standard InChI is InChI=1S/C16H14BrN3/c1-11-8-13(10-20-16(11)17)19-9-12-6-7-18-15-5-3-2-4-14(12)15/h2-8,10,19H,9H2,1H3. The van der Waals surface area contributed by atoms with E-state index in [4.69, 9.17) is 0 Å². The number of hydrogen-bond donors (Lipinski definition) is 1. The van der Waals surface area contributed by atoms with Gasteiger partial charge in [-0.3, -0.25) is 4.98 Å². The summed E-state index contributed by atoms with van der Waals surface area (Å²) in [4.78, 5) is 8.67. The molecule has 0 saturated heterocycles. The zero-order valence-corrected chi connectivity index (χ0v) is 12.7. The van der Waals surface area contributed by atoms with Crippen LogP contribution in [-0.4, -0.2) is 9.97 Å². The fraction of sp³-hybridized carbons (Fsp3) is 0.125. The van der Waals surface area contributed by atoms with Gasteiger partial charge in [0.05, 0.1) is 17.4 Å². The molecular formula is C16H14BrN3. The summed E-state index contributed by atoms with van der Waals surface area (Å²) in [5.41, 5.74) is 4.40. The van der Waals surface area contributed by atoms with Crippen LogP contribution < -0.4 is 5.32 Å². The Balaban J connectivity index is 1.85. The van der Waals surface area contributed by atoms with Crippen molar-refractivity contribution in [3.63, 3.8) is 0 Å². The lowest BCUT2D eigenvalue weighted by molar-refractivity contribution is 1.13. The Morgan fingerprint density at radius 1 is 1.15 bits per heavy atom. The summed E-state index contributed by atoms with van der Waals surface area (Å²) < 4.78 is 0.886. The first-order chi connectivity index (χ1) is 9.74. The Bertz CT molecular complexity index is 750. The number of anilines is 1. The number of nitrogens with zero attached hydrogens (tertiary/aromatic N) is 2. The maximum atomic E-state index is 4.38. The molecule has 3 nitrogen and oxygen atoms in total. The van der Waals surface area contributed by atoms with Crippen molar-refractivity contribution >= 4 is 32.5 Å². The van der Waals surface area contributed by atoms with Crippen molar-refractivity contribution in [2.75, 3.05) is 5.32 Å². The van der Waals surface area contributed by atoms with E-state index in [1.165, 1.54) is 10.9 Å². The van der Waals surface area contributed by atoms with Crippen LogP contribution in [-0.2, 0) is 6.54 Å². The van der Waals surface area contributed by atoms with Crippen LogP contribution >= 0.6 is 15.9 Å². The molecule has 0 fully saturated rings. The molecule has 0 bridgehead atoms.